The minimum atomic E-state index is 0.614. The Hall–Kier alpha value is -1.98. The van der Waals surface area contributed by atoms with Crippen LogP contribution in [0.25, 0.3) is 0 Å². The highest BCUT2D eigenvalue weighted by Crippen LogP contribution is 2.13. The van der Waals surface area contributed by atoms with Crippen LogP contribution in [0.3, 0.4) is 0 Å². The molecule has 1 N–H and O–H groups in total. The van der Waals surface area contributed by atoms with Crippen molar-refractivity contribution in [3.05, 3.63) is 28.3 Å². The van der Waals surface area contributed by atoms with Crippen LogP contribution in [-0.4, -0.2) is 31.5 Å². The number of rotatable bonds is 6. The Bertz CT molecular complexity index is 617. The highest BCUT2D eigenvalue weighted by Gasteiger charge is 2.10. The number of hydrogen-bond donors (Lipinski definition) is 1. The number of hydrogen-bond acceptors (Lipinski definition) is 5. The Kier molecular flexibility index (Phi) is 4.88. The first kappa shape index (κ1) is 15.4. The summed E-state index contributed by atoms with van der Waals surface area (Å²) in [5.41, 5.74) is 5.61. The van der Waals surface area contributed by atoms with E-state index >= 15 is 0 Å². The van der Waals surface area contributed by atoms with Crippen molar-refractivity contribution in [1.29, 1.82) is 0 Å². The number of nitrogens with one attached hydrogen (secondary N) is 1. The summed E-state index contributed by atoms with van der Waals surface area (Å²) in [4.78, 5) is 4.54. The van der Waals surface area contributed by atoms with E-state index in [1.807, 2.05) is 18.7 Å². The third kappa shape index (κ3) is 3.37. The molecule has 0 aliphatic heterocycles. The third-order valence-corrected chi connectivity index (χ3v) is 3.83. The Morgan fingerprint density at radius 1 is 1.05 bits per heavy atom. The summed E-state index contributed by atoms with van der Waals surface area (Å²) in [7, 11) is 1.98. The van der Waals surface area contributed by atoms with Crippen molar-refractivity contribution in [2.75, 3.05) is 11.9 Å². The summed E-state index contributed by atoms with van der Waals surface area (Å²) in [5, 5.41) is 16.1. The van der Waals surface area contributed by atoms with Gasteiger partial charge in [-0.05, 0) is 38.7 Å². The van der Waals surface area contributed by atoms with E-state index in [1.54, 1.807) is 0 Å². The van der Waals surface area contributed by atoms with Crippen molar-refractivity contribution in [2.24, 2.45) is 7.05 Å². The van der Waals surface area contributed by atoms with Gasteiger partial charge in [-0.15, -0.1) is 5.10 Å². The summed E-state index contributed by atoms with van der Waals surface area (Å²) in [6.07, 6.45) is 2.66. The van der Waals surface area contributed by atoms with Gasteiger partial charge in [0.15, 0.2) is 0 Å². The van der Waals surface area contributed by atoms with E-state index < -0.39 is 0 Å². The highest BCUT2D eigenvalue weighted by molar-refractivity contribution is 5.29. The summed E-state index contributed by atoms with van der Waals surface area (Å²) < 4.78 is 1.92. The molecule has 6 nitrogen and oxygen atoms in total. The number of nitrogens with zero attached hydrogens (tertiary/aromatic N) is 5. The van der Waals surface area contributed by atoms with Crippen LogP contribution in [0.15, 0.2) is 0 Å². The minimum absolute atomic E-state index is 0.614. The largest absolute Gasteiger partial charge is 0.353 e. The maximum absolute atomic E-state index is 4.54. The summed E-state index contributed by atoms with van der Waals surface area (Å²) in [6, 6.07) is 0. The van der Waals surface area contributed by atoms with Crippen molar-refractivity contribution in [2.45, 2.75) is 47.0 Å². The molecule has 0 unspecified atom stereocenters. The van der Waals surface area contributed by atoms with Gasteiger partial charge in [0.2, 0.25) is 5.95 Å². The first-order chi connectivity index (χ1) is 10.1. The predicted molar refractivity (Wildman–Crippen MR) is 83.5 cm³/mol. The molecule has 0 aromatic carbocycles. The average molecular weight is 288 g/mol. The van der Waals surface area contributed by atoms with Crippen LogP contribution in [0, 0.1) is 13.8 Å². The average Bonchev–Trinajstić information content (AvgIpc) is 2.73. The topological polar surface area (TPSA) is 68.5 Å². The van der Waals surface area contributed by atoms with Gasteiger partial charge >= 0.3 is 0 Å². The lowest BCUT2D eigenvalue weighted by atomic mass is 10.1. The molecule has 0 amide bonds. The fraction of sp³-hybridized carbons (Fsp3) is 0.600. The predicted octanol–water partition coefficient (Wildman–Crippen LogP) is 2.00. The van der Waals surface area contributed by atoms with Crippen molar-refractivity contribution >= 4 is 5.95 Å². The molecule has 114 valence electrons. The Labute approximate surface area is 126 Å². The van der Waals surface area contributed by atoms with Gasteiger partial charge < -0.3 is 5.32 Å². The van der Waals surface area contributed by atoms with Crippen LogP contribution < -0.4 is 5.32 Å². The Morgan fingerprint density at radius 3 is 2.33 bits per heavy atom. The summed E-state index contributed by atoms with van der Waals surface area (Å²) >= 11 is 0. The van der Waals surface area contributed by atoms with Gasteiger partial charge in [-0.3, -0.25) is 4.68 Å². The molecule has 2 heterocycles. The van der Waals surface area contributed by atoms with Gasteiger partial charge in [-0.2, -0.15) is 10.2 Å². The molecule has 0 saturated carbocycles. The zero-order chi connectivity index (χ0) is 15.4. The SMILES string of the molecule is CCc1nnc(NCCc2c(C)nn(C)c2C)nc1CC. The van der Waals surface area contributed by atoms with E-state index in [0.29, 0.717) is 5.95 Å². The fourth-order valence-electron chi connectivity index (χ4n) is 2.49. The number of anilines is 1. The summed E-state index contributed by atoms with van der Waals surface area (Å²) in [6.45, 7) is 9.09. The second-order valence-electron chi connectivity index (χ2n) is 5.19. The monoisotopic (exact) mass is 288 g/mol. The van der Waals surface area contributed by atoms with Crippen molar-refractivity contribution in [3.8, 4) is 0 Å². The second kappa shape index (κ2) is 6.65. The molecule has 0 fully saturated rings. The van der Waals surface area contributed by atoms with Crippen molar-refractivity contribution in [1.82, 2.24) is 25.0 Å². The zero-order valence-corrected chi connectivity index (χ0v) is 13.6. The molecule has 2 aromatic heterocycles. The van der Waals surface area contributed by atoms with E-state index in [2.05, 4.69) is 46.4 Å². The molecule has 2 aromatic rings. The highest BCUT2D eigenvalue weighted by atomic mass is 15.3. The van der Waals surface area contributed by atoms with Gasteiger partial charge in [0.05, 0.1) is 17.1 Å². The van der Waals surface area contributed by atoms with Gasteiger partial charge in [-0.25, -0.2) is 4.98 Å². The van der Waals surface area contributed by atoms with E-state index in [-0.39, 0.29) is 0 Å². The second-order valence-corrected chi connectivity index (χ2v) is 5.19. The van der Waals surface area contributed by atoms with E-state index in [0.717, 1.165) is 42.9 Å². The molecular weight excluding hydrogens is 264 g/mol. The molecule has 6 heteroatoms. The molecule has 0 spiro atoms. The van der Waals surface area contributed by atoms with Crippen molar-refractivity contribution < 1.29 is 0 Å². The molecule has 0 aliphatic carbocycles. The molecule has 0 aliphatic rings. The molecular formula is C15H24N6. The van der Waals surface area contributed by atoms with Crippen molar-refractivity contribution in [3.63, 3.8) is 0 Å². The third-order valence-electron chi connectivity index (χ3n) is 3.83. The van der Waals surface area contributed by atoms with Crippen LogP contribution in [0.5, 0.6) is 0 Å². The smallest absolute Gasteiger partial charge is 0.242 e. The Balaban J connectivity index is 2.00. The number of aromatic nitrogens is 5. The normalized spacial score (nSPS) is 10.9. The number of aryl methyl sites for hydroxylation is 4. The van der Waals surface area contributed by atoms with E-state index in [1.165, 1.54) is 11.3 Å². The molecule has 0 bridgehead atoms. The first-order valence-corrected chi connectivity index (χ1v) is 7.52. The quantitative estimate of drug-likeness (QED) is 0.880. The molecule has 0 saturated heterocycles. The lowest BCUT2D eigenvalue weighted by Crippen LogP contribution is -2.12. The van der Waals surface area contributed by atoms with Crippen LogP contribution in [0.1, 0.15) is 42.2 Å². The lowest BCUT2D eigenvalue weighted by molar-refractivity contribution is 0.730. The van der Waals surface area contributed by atoms with Gasteiger partial charge in [0.25, 0.3) is 0 Å². The van der Waals surface area contributed by atoms with Gasteiger partial charge in [0, 0.05) is 19.3 Å². The standard InChI is InChI=1S/C15H24N6/c1-6-13-14(7-2)18-19-15(17-13)16-9-8-12-10(3)20-21(5)11(12)4/h6-9H2,1-5H3,(H,16,17,19). The molecule has 0 atom stereocenters. The Morgan fingerprint density at radius 2 is 1.76 bits per heavy atom. The van der Waals surface area contributed by atoms with E-state index in [9.17, 15) is 0 Å². The summed E-state index contributed by atoms with van der Waals surface area (Å²) in [5.74, 6) is 0.614. The maximum Gasteiger partial charge on any atom is 0.242 e. The maximum atomic E-state index is 4.54. The van der Waals surface area contributed by atoms with Crippen LogP contribution in [-0.2, 0) is 26.3 Å². The molecule has 2 rings (SSSR count). The van der Waals surface area contributed by atoms with E-state index in [4.69, 9.17) is 0 Å². The minimum Gasteiger partial charge on any atom is -0.353 e. The van der Waals surface area contributed by atoms with Crippen LogP contribution >= 0.6 is 0 Å². The lowest BCUT2D eigenvalue weighted by Gasteiger charge is -2.08. The van der Waals surface area contributed by atoms with Crippen LogP contribution in [0.4, 0.5) is 5.95 Å². The van der Waals surface area contributed by atoms with Crippen LogP contribution in [0.2, 0.25) is 0 Å². The zero-order valence-electron chi connectivity index (χ0n) is 13.6. The first-order valence-electron chi connectivity index (χ1n) is 7.52. The fourth-order valence-corrected chi connectivity index (χ4v) is 2.49. The van der Waals surface area contributed by atoms with Gasteiger partial charge in [0.1, 0.15) is 0 Å². The molecule has 21 heavy (non-hydrogen) atoms. The molecule has 0 radical (unpaired) electrons. The van der Waals surface area contributed by atoms with Gasteiger partial charge in [-0.1, -0.05) is 13.8 Å².